The van der Waals surface area contributed by atoms with Crippen molar-refractivity contribution < 1.29 is 32.2 Å². The first-order chi connectivity index (χ1) is 16.7. The molecule has 2 N–H and O–H groups in total. The molecule has 3 aromatic rings. The molecule has 1 saturated carbocycles. The SMILES string of the molecule is COc1cc(C(=O)O)c(F)cc1NSc1csc(-c2ccc(C3CCCCC3)cc2C(F)(F)F)n1. The first-order valence-electron chi connectivity index (χ1n) is 10.9. The number of nitrogens with zero attached hydrogens (tertiary/aromatic N) is 1. The van der Waals surface area contributed by atoms with Crippen LogP contribution >= 0.6 is 23.3 Å². The van der Waals surface area contributed by atoms with Crippen molar-refractivity contribution in [3.05, 3.63) is 58.2 Å². The van der Waals surface area contributed by atoms with Crippen LogP contribution in [0, 0.1) is 5.82 Å². The van der Waals surface area contributed by atoms with Crippen LogP contribution in [0.1, 0.15) is 59.5 Å². The number of carboxylic acids is 1. The molecule has 1 aromatic heterocycles. The Morgan fingerprint density at radius 1 is 1.20 bits per heavy atom. The highest BCUT2D eigenvalue weighted by molar-refractivity contribution is 8.00. The van der Waals surface area contributed by atoms with Crippen molar-refractivity contribution in [2.75, 3.05) is 11.8 Å². The molecule has 0 aliphatic heterocycles. The number of hydrogen-bond donors (Lipinski definition) is 2. The van der Waals surface area contributed by atoms with E-state index in [4.69, 9.17) is 9.84 Å². The van der Waals surface area contributed by atoms with E-state index < -0.39 is 29.1 Å². The lowest BCUT2D eigenvalue weighted by Crippen LogP contribution is -2.10. The van der Waals surface area contributed by atoms with Gasteiger partial charge < -0.3 is 14.6 Å². The molecule has 35 heavy (non-hydrogen) atoms. The molecular formula is C24H22F4N2O3S2. The van der Waals surface area contributed by atoms with Gasteiger partial charge in [0.15, 0.2) is 0 Å². The number of methoxy groups -OCH3 is 1. The fourth-order valence-electron chi connectivity index (χ4n) is 4.18. The number of thiazole rings is 1. The molecule has 0 atom stereocenters. The average molecular weight is 527 g/mol. The fraction of sp³-hybridized carbons (Fsp3) is 0.333. The molecule has 0 bridgehead atoms. The minimum Gasteiger partial charge on any atom is -0.495 e. The molecule has 0 saturated heterocycles. The summed E-state index contributed by atoms with van der Waals surface area (Å²) in [5, 5.41) is 11.2. The monoisotopic (exact) mass is 526 g/mol. The standard InChI is InChI=1S/C24H22F4N2O3S2/c1-33-20-10-16(23(31)32)18(25)11-19(20)30-35-21-12-34-22(29-21)15-8-7-14(9-17(15)24(26,27)28)13-5-3-2-4-6-13/h7-13,30H,2-6H2,1H3,(H,31,32). The molecule has 1 fully saturated rings. The number of aromatic nitrogens is 1. The number of carboxylic acid groups (broad SMARTS) is 1. The minimum absolute atomic E-state index is 0.0170. The largest absolute Gasteiger partial charge is 0.495 e. The van der Waals surface area contributed by atoms with Gasteiger partial charge in [0.1, 0.15) is 21.6 Å². The summed E-state index contributed by atoms with van der Waals surface area (Å²) in [6.45, 7) is 0. The summed E-state index contributed by atoms with van der Waals surface area (Å²) in [5.74, 6) is -2.13. The number of halogens is 4. The van der Waals surface area contributed by atoms with Crippen molar-refractivity contribution in [2.24, 2.45) is 0 Å². The van der Waals surface area contributed by atoms with E-state index in [1.54, 1.807) is 11.4 Å². The maximum absolute atomic E-state index is 14.1. The van der Waals surface area contributed by atoms with Crippen LogP contribution in [0.5, 0.6) is 5.75 Å². The Hall–Kier alpha value is -2.79. The summed E-state index contributed by atoms with van der Waals surface area (Å²) in [4.78, 5) is 15.4. The second kappa shape index (κ2) is 10.4. The third-order valence-corrected chi connectivity index (χ3v) is 7.69. The van der Waals surface area contributed by atoms with Gasteiger partial charge in [-0.25, -0.2) is 14.2 Å². The normalized spacial score (nSPS) is 14.7. The second-order valence-corrected chi connectivity index (χ2v) is 9.85. The number of hydrogen-bond acceptors (Lipinski definition) is 6. The van der Waals surface area contributed by atoms with Gasteiger partial charge in [0.2, 0.25) is 0 Å². The van der Waals surface area contributed by atoms with Crippen molar-refractivity contribution in [3.63, 3.8) is 0 Å². The van der Waals surface area contributed by atoms with Gasteiger partial charge in [-0.1, -0.05) is 31.4 Å². The zero-order valence-electron chi connectivity index (χ0n) is 18.6. The van der Waals surface area contributed by atoms with Gasteiger partial charge in [0.25, 0.3) is 0 Å². The number of benzene rings is 2. The second-order valence-electron chi connectivity index (χ2n) is 8.17. The molecule has 0 amide bonds. The van der Waals surface area contributed by atoms with Crippen LogP contribution in [-0.2, 0) is 6.18 Å². The molecule has 4 rings (SSSR count). The molecule has 2 aromatic carbocycles. The topological polar surface area (TPSA) is 71.5 Å². The molecule has 5 nitrogen and oxygen atoms in total. The smallest absolute Gasteiger partial charge is 0.417 e. The summed E-state index contributed by atoms with van der Waals surface area (Å²) in [6.07, 6.45) is 0.462. The van der Waals surface area contributed by atoms with Crippen LogP contribution in [0.15, 0.2) is 40.7 Å². The molecule has 1 heterocycles. The van der Waals surface area contributed by atoms with E-state index in [2.05, 4.69) is 9.71 Å². The van der Waals surface area contributed by atoms with Crippen molar-refractivity contribution >= 4 is 34.9 Å². The van der Waals surface area contributed by atoms with E-state index in [9.17, 15) is 22.4 Å². The maximum Gasteiger partial charge on any atom is 0.417 e. The number of nitrogens with one attached hydrogen (secondary N) is 1. The molecular weight excluding hydrogens is 504 g/mol. The van der Waals surface area contributed by atoms with Gasteiger partial charge in [-0.2, -0.15) is 13.2 Å². The Balaban J connectivity index is 1.57. The number of alkyl halides is 3. The quantitative estimate of drug-likeness (QED) is 0.241. The number of ether oxygens (including phenoxy) is 1. The predicted octanol–water partition coefficient (Wildman–Crippen LogP) is 7.84. The molecule has 11 heteroatoms. The Labute approximate surface area is 207 Å². The van der Waals surface area contributed by atoms with E-state index in [-0.39, 0.29) is 27.9 Å². The zero-order valence-corrected chi connectivity index (χ0v) is 20.2. The lowest BCUT2D eigenvalue weighted by molar-refractivity contribution is -0.137. The molecule has 0 radical (unpaired) electrons. The van der Waals surface area contributed by atoms with Gasteiger partial charge in [-0.15, -0.1) is 11.3 Å². The number of carbonyl (C=O) groups is 1. The Kier molecular flexibility index (Phi) is 7.56. The summed E-state index contributed by atoms with van der Waals surface area (Å²) in [5.41, 5.74) is -0.338. The van der Waals surface area contributed by atoms with Crippen molar-refractivity contribution in [1.82, 2.24) is 4.98 Å². The van der Waals surface area contributed by atoms with Crippen molar-refractivity contribution in [1.29, 1.82) is 0 Å². The highest BCUT2D eigenvalue weighted by Crippen LogP contribution is 2.42. The van der Waals surface area contributed by atoms with Crippen molar-refractivity contribution in [3.8, 4) is 16.3 Å². The molecule has 186 valence electrons. The van der Waals surface area contributed by atoms with E-state index >= 15 is 0 Å². The summed E-state index contributed by atoms with van der Waals surface area (Å²) in [6, 6.07) is 6.56. The summed E-state index contributed by atoms with van der Waals surface area (Å²) >= 11 is 2.03. The van der Waals surface area contributed by atoms with Crippen LogP contribution in [0.3, 0.4) is 0 Å². The lowest BCUT2D eigenvalue weighted by atomic mass is 9.83. The predicted molar refractivity (Wildman–Crippen MR) is 128 cm³/mol. The fourth-order valence-corrected chi connectivity index (χ4v) is 5.80. The minimum atomic E-state index is -4.52. The summed E-state index contributed by atoms with van der Waals surface area (Å²) < 4.78 is 63.8. The van der Waals surface area contributed by atoms with E-state index in [0.29, 0.717) is 10.6 Å². The number of rotatable bonds is 7. The van der Waals surface area contributed by atoms with Crippen LogP contribution in [0.2, 0.25) is 0 Å². The van der Waals surface area contributed by atoms with Gasteiger partial charge in [-0.3, -0.25) is 0 Å². The Bertz CT molecular complexity index is 1220. The molecule has 0 spiro atoms. The third-order valence-electron chi connectivity index (χ3n) is 5.92. The number of aromatic carboxylic acids is 1. The van der Waals surface area contributed by atoms with Crippen LogP contribution < -0.4 is 9.46 Å². The van der Waals surface area contributed by atoms with Crippen LogP contribution in [0.25, 0.3) is 10.6 Å². The van der Waals surface area contributed by atoms with Crippen LogP contribution in [0.4, 0.5) is 23.2 Å². The maximum atomic E-state index is 14.1. The zero-order chi connectivity index (χ0) is 25.2. The lowest BCUT2D eigenvalue weighted by Gasteiger charge is -2.23. The molecule has 1 aliphatic carbocycles. The Morgan fingerprint density at radius 2 is 1.94 bits per heavy atom. The van der Waals surface area contributed by atoms with Gasteiger partial charge in [0.05, 0.1) is 23.9 Å². The Morgan fingerprint density at radius 3 is 2.60 bits per heavy atom. The number of anilines is 1. The van der Waals surface area contributed by atoms with Gasteiger partial charge >= 0.3 is 12.1 Å². The molecule has 1 aliphatic rings. The summed E-state index contributed by atoms with van der Waals surface area (Å²) in [7, 11) is 1.31. The highest BCUT2D eigenvalue weighted by Gasteiger charge is 2.35. The van der Waals surface area contributed by atoms with E-state index in [1.165, 1.54) is 19.2 Å². The first kappa shape index (κ1) is 25.3. The van der Waals surface area contributed by atoms with E-state index in [1.807, 2.05) is 0 Å². The average Bonchev–Trinajstić information content (AvgIpc) is 3.31. The third kappa shape index (κ3) is 5.72. The van der Waals surface area contributed by atoms with Gasteiger partial charge in [0, 0.05) is 29.0 Å². The highest BCUT2D eigenvalue weighted by atomic mass is 32.2. The van der Waals surface area contributed by atoms with E-state index in [0.717, 1.165) is 67.5 Å². The first-order valence-corrected chi connectivity index (χ1v) is 12.6. The van der Waals surface area contributed by atoms with Crippen molar-refractivity contribution in [2.45, 2.75) is 49.2 Å². The molecule has 0 unspecified atom stereocenters. The van der Waals surface area contributed by atoms with Gasteiger partial charge in [-0.05, 0) is 36.5 Å². The van der Waals surface area contributed by atoms with Crippen LogP contribution in [-0.4, -0.2) is 23.2 Å².